The van der Waals surface area contributed by atoms with Crippen molar-refractivity contribution in [3.63, 3.8) is 0 Å². The second-order valence-corrected chi connectivity index (χ2v) is 19.3. The van der Waals surface area contributed by atoms with Crippen molar-refractivity contribution < 1.29 is 50.8 Å². The first-order valence-electron chi connectivity index (χ1n) is 24.6. The summed E-state index contributed by atoms with van der Waals surface area (Å²) < 4.78 is 97.0. The van der Waals surface area contributed by atoms with Crippen LogP contribution in [-0.4, -0.2) is 91.3 Å². The first-order valence-corrected chi connectivity index (χ1v) is 24.6. The first kappa shape index (κ1) is 53.9. The number of benzene rings is 4. The average Bonchev–Trinajstić information content (AvgIpc) is 3.38. The summed E-state index contributed by atoms with van der Waals surface area (Å²) in [6.07, 6.45) is 12.1. The molecule has 1 unspecified atom stereocenters. The molecule has 0 radical (unpaired) electrons. The molecule has 2 aromatic heterocycles. The number of aromatic nitrogens is 2. The number of methoxy groups -OCH3 is 2. The summed E-state index contributed by atoms with van der Waals surface area (Å²) in [5, 5.41) is 27.0. The van der Waals surface area contributed by atoms with Gasteiger partial charge < -0.3 is 29.7 Å². The summed E-state index contributed by atoms with van der Waals surface area (Å²) in [4.78, 5) is 11.2. The maximum Gasteiger partial charge on any atom is 0.194 e. The molecule has 1 atom stereocenters. The van der Waals surface area contributed by atoms with Gasteiger partial charge in [-0.2, -0.15) is 0 Å². The molecule has 4 aromatic carbocycles. The number of pyridine rings is 2. The Morgan fingerprint density at radius 1 is 0.708 bits per heavy atom. The van der Waals surface area contributed by atoms with Gasteiger partial charge >= 0.3 is 0 Å². The van der Waals surface area contributed by atoms with Crippen molar-refractivity contribution in [3.05, 3.63) is 136 Å². The molecular weight excluding hydrogens is 935 g/mol. The molecule has 2 aliphatic heterocycles. The number of aliphatic hydroxyl groups excluding tert-OH is 2. The van der Waals surface area contributed by atoms with E-state index in [0.717, 1.165) is 147 Å². The molecule has 4 heterocycles. The Morgan fingerprint density at radius 2 is 1.25 bits per heavy atom. The number of nitrogens with one attached hydrogen (secondary N) is 1. The van der Waals surface area contributed by atoms with Crippen molar-refractivity contribution >= 4 is 21.8 Å². The summed E-state index contributed by atoms with van der Waals surface area (Å²) in [6.45, 7) is 7.84. The summed E-state index contributed by atoms with van der Waals surface area (Å²) in [7, 11) is 3.31. The molecule has 9 nitrogen and oxygen atoms in total. The number of likely N-dealkylation sites (tertiary alicyclic amines) is 1. The van der Waals surface area contributed by atoms with Gasteiger partial charge in [0.1, 0.15) is 34.7 Å². The number of hydrogen-bond acceptors (Lipinski definition) is 9. The van der Waals surface area contributed by atoms with Crippen LogP contribution in [0.15, 0.2) is 73.1 Å². The zero-order valence-electron chi connectivity index (χ0n) is 41.5. The van der Waals surface area contributed by atoms with Crippen LogP contribution in [0.25, 0.3) is 21.8 Å². The smallest absolute Gasteiger partial charge is 0.194 e. The standard InChI is InChI=1S/C29H31F3N2O2.C28H33F3N2O3/c1-20-18-33-28-8-7-22(36-2)17-25(28)23(20)5-3-9-29(19-35)10-13-34(14-11-29)12-4-6-24-26(31)15-21(30)16-27(24)32;1-18-17-33-25-6-5-19(35-2)14-22(25)21(18)4-3-8-28(9-11-32-12-10-28)26(34)7-13-36-20-15-23(29)27(31)24(30)16-20/h7-8,15-18,35H,3,5,9-14,19H2,1-2H3;5-6,14-17,26,32,34H,3-4,7-13H2,1-2H3. The number of aliphatic hydroxyl groups is 2. The molecule has 2 aliphatic rings. The van der Waals surface area contributed by atoms with E-state index in [2.05, 4.69) is 45.9 Å². The Kier molecular flexibility index (Phi) is 18.5. The van der Waals surface area contributed by atoms with Crippen molar-refractivity contribution in [3.8, 4) is 29.1 Å². The van der Waals surface area contributed by atoms with Crippen LogP contribution in [0.5, 0.6) is 17.2 Å². The Morgan fingerprint density at radius 3 is 1.78 bits per heavy atom. The van der Waals surface area contributed by atoms with Crippen LogP contribution in [-0.2, 0) is 12.8 Å². The number of ether oxygens (including phenoxy) is 3. The van der Waals surface area contributed by atoms with Crippen LogP contribution in [0, 0.1) is 71.4 Å². The number of halogens is 6. The van der Waals surface area contributed by atoms with Gasteiger partial charge in [-0.25, -0.2) is 26.3 Å². The lowest BCUT2D eigenvalue weighted by molar-refractivity contribution is -0.0189. The first-order chi connectivity index (χ1) is 34.7. The second kappa shape index (κ2) is 24.7. The van der Waals surface area contributed by atoms with Crippen LogP contribution in [0.3, 0.4) is 0 Å². The third kappa shape index (κ3) is 13.2. The van der Waals surface area contributed by atoms with Gasteiger partial charge in [0.15, 0.2) is 17.5 Å². The SMILES string of the molecule is COc1ccc2ncc(C)c(CCCC3(C(O)CCOc4cc(F)c(F)c(F)c4)CCNCC3)c2c1.COc1ccc2ncc(C)c(CCCC3(CO)CCN(CC#Cc4c(F)cc(F)cc4F)CC3)c2c1. The lowest BCUT2D eigenvalue weighted by Crippen LogP contribution is -2.45. The summed E-state index contributed by atoms with van der Waals surface area (Å²) in [5.74, 6) is -0.232. The molecule has 0 aliphatic carbocycles. The lowest BCUT2D eigenvalue weighted by atomic mass is 9.69. The molecular formula is C57H64F6N4O5. The van der Waals surface area contributed by atoms with E-state index in [-0.39, 0.29) is 29.8 Å². The van der Waals surface area contributed by atoms with E-state index in [9.17, 15) is 36.6 Å². The average molecular weight is 999 g/mol. The molecule has 0 saturated carbocycles. The van der Waals surface area contributed by atoms with E-state index in [1.807, 2.05) is 48.8 Å². The number of piperidine rings is 2. The molecule has 2 fully saturated rings. The Labute approximate surface area is 417 Å². The fraction of sp³-hybridized carbons (Fsp3) is 0.439. The Bertz CT molecular complexity index is 2830. The summed E-state index contributed by atoms with van der Waals surface area (Å²) in [6, 6.07) is 14.7. The number of hydrogen-bond donors (Lipinski definition) is 3. The fourth-order valence-corrected chi connectivity index (χ4v) is 10.3. The quantitative estimate of drug-likeness (QED) is 0.0468. The monoisotopic (exact) mass is 998 g/mol. The maximum absolute atomic E-state index is 13.8. The molecule has 0 spiro atoms. The predicted octanol–water partition coefficient (Wildman–Crippen LogP) is 10.9. The van der Waals surface area contributed by atoms with Crippen LogP contribution < -0.4 is 19.5 Å². The number of aryl methyl sites for hydroxylation is 4. The summed E-state index contributed by atoms with van der Waals surface area (Å²) >= 11 is 0. The topological polar surface area (TPSA) is 109 Å². The van der Waals surface area contributed by atoms with E-state index in [4.69, 9.17) is 14.2 Å². The third-order valence-corrected chi connectivity index (χ3v) is 14.7. The molecule has 2 saturated heterocycles. The third-order valence-electron chi connectivity index (χ3n) is 14.7. The Hall–Kier alpha value is -5.92. The minimum atomic E-state index is -1.52. The highest BCUT2D eigenvalue weighted by atomic mass is 19.2. The van der Waals surface area contributed by atoms with E-state index < -0.39 is 46.6 Å². The van der Waals surface area contributed by atoms with E-state index in [1.165, 1.54) is 11.1 Å². The zero-order chi connectivity index (χ0) is 51.4. The highest BCUT2D eigenvalue weighted by Gasteiger charge is 2.38. The van der Waals surface area contributed by atoms with E-state index >= 15 is 0 Å². The number of rotatable bonds is 17. The van der Waals surface area contributed by atoms with Crippen molar-refractivity contribution in [2.24, 2.45) is 10.8 Å². The van der Waals surface area contributed by atoms with Gasteiger partial charge in [-0.3, -0.25) is 14.9 Å². The van der Waals surface area contributed by atoms with Crippen LogP contribution in [0.2, 0.25) is 0 Å². The molecule has 3 N–H and O–H groups in total. The van der Waals surface area contributed by atoms with Gasteiger partial charge in [0.2, 0.25) is 0 Å². The molecule has 0 amide bonds. The van der Waals surface area contributed by atoms with Crippen LogP contribution in [0.1, 0.15) is 85.6 Å². The fourth-order valence-electron chi connectivity index (χ4n) is 10.3. The van der Waals surface area contributed by atoms with Gasteiger partial charge in [0, 0.05) is 60.5 Å². The van der Waals surface area contributed by atoms with Gasteiger partial charge in [-0.1, -0.05) is 11.8 Å². The molecule has 6 aromatic rings. The largest absolute Gasteiger partial charge is 0.497 e. The zero-order valence-corrected chi connectivity index (χ0v) is 41.5. The summed E-state index contributed by atoms with van der Waals surface area (Å²) in [5.41, 5.74) is 5.83. The molecule has 15 heteroatoms. The highest BCUT2D eigenvalue weighted by molar-refractivity contribution is 5.85. The molecule has 0 bridgehead atoms. The van der Waals surface area contributed by atoms with Gasteiger partial charge in [0.25, 0.3) is 0 Å². The van der Waals surface area contributed by atoms with E-state index in [0.29, 0.717) is 25.1 Å². The maximum atomic E-state index is 13.8. The molecule has 72 heavy (non-hydrogen) atoms. The van der Waals surface area contributed by atoms with Crippen molar-refractivity contribution in [1.82, 2.24) is 20.2 Å². The van der Waals surface area contributed by atoms with Gasteiger partial charge in [0.05, 0.1) is 50.1 Å². The molecule has 8 rings (SSSR count). The van der Waals surface area contributed by atoms with Crippen molar-refractivity contribution in [1.29, 1.82) is 0 Å². The molecule has 384 valence electrons. The normalized spacial score (nSPS) is 15.8. The van der Waals surface area contributed by atoms with Crippen LogP contribution >= 0.6 is 0 Å². The predicted molar refractivity (Wildman–Crippen MR) is 267 cm³/mol. The van der Waals surface area contributed by atoms with Gasteiger partial charge in [-0.15, -0.1) is 0 Å². The van der Waals surface area contributed by atoms with Crippen molar-refractivity contribution in [2.45, 2.75) is 90.6 Å². The minimum Gasteiger partial charge on any atom is -0.497 e. The van der Waals surface area contributed by atoms with Crippen LogP contribution in [0.4, 0.5) is 26.3 Å². The number of nitrogens with zero attached hydrogens (tertiary/aromatic N) is 3. The Balaban J connectivity index is 0.000000211. The minimum absolute atomic E-state index is 0.0781. The second-order valence-electron chi connectivity index (χ2n) is 19.3. The van der Waals surface area contributed by atoms with Crippen molar-refractivity contribution in [2.75, 3.05) is 60.2 Å². The lowest BCUT2D eigenvalue weighted by Gasteiger charge is -2.42. The van der Waals surface area contributed by atoms with Gasteiger partial charge in [-0.05, 0) is 174 Å². The van der Waals surface area contributed by atoms with E-state index in [1.54, 1.807) is 14.2 Å². The number of fused-ring (bicyclic) bond motifs is 2. The highest BCUT2D eigenvalue weighted by Crippen LogP contribution is 2.41.